The van der Waals surface area contributed by atoms with E-state index in [1.807, 2.05) is 37.3 Å². The van der Waals surface area contributed by atoms with Crippen LogP contribution in [0.5, 0.6) is 11.8 Å². The molecule has 7 nitrogen and oxygen atoms in total. The lowest BCUT2D eigenvalue weighted by atomic mass is 10.1. The van der Waals surface area contributed by atoms with Gasteiger partial charge in [-0.25, -0.2) is 0 Å². The third kappa shape index (κ3) is 3.06. The van der Waals surface area contributed by atoms with Crippen molar-refractivity contribution in [2.24, 2.45) is 10.2 Å². The van der Waals surface area contributed by atoms with Crippen LogP contribution in [0.3, 0.4) is 0 Å². The first-order chi connectivity index (χ1) is 12.4. The molecule has 0 aliphatic heterocycles. The molecular weight excluding hydrogens is 334 g/mol. The maximum absolute atomic E-state index is 12.0. The Kier molecular flexibility index (Phi) is 4.53. The second-order valence-corrected chi connectivity index (χ2v) is 5.89. The fourth-order valence-electron chi connectivity index (χ4n) is 2.84. The largest absolute Gasteiger partial charge is 0.494 e. The predicted octanol–water partition coefficient (Wildman–Crippen LogP) is 3.80. The summed E-state index contributed by atoms with van der Waals surface area (Å²) in [6, 6.07) is 13.5. The van der Waals surface area contributed by atoms with Gasteiger partial charge in [-0.05, 0) is 30.7 Å². The Balaban J connectivity index is 2.08. The minimum atomic E-state index is -0.704. The molecule has 2 aromatic carbocycles. The highest BCUT2D eigenvalue weighted by molar-refractivity contribution is 6.02. The molecule has 0 saturated heterocycles. The fraction of sp³-hybridized carbons (Fsp3) is 0.158. The van der Waals surface area contributed by atoms with Crippen LogP contribution in [0.1, 0.15) is 35.8 Å². The molecule has 0 saturated carbocycles. The Hall–Kier alpha value is -3.48. The van der Waals surface area contributed by atoms with Gasteiger partial charge in [0.15, 0.2) is 0 Å². The lowest BCUT2D eigenvalue weighted by molar-refractivity contribution is -0.116. The molecule has 0 fully saturated rings. The van der Waals surface area contributed by atoms with Crippen molar-refractivity contribution in [1.82, 2.24) is 4.57 Å². The highest BCUT2D eigenvalue weighted by Gasteiger charge is 2.22. The number of hydrogen-bond donors (Lipinski definition) is 2. The zero-order valence-electron chi connectivity index (χ0n) is 14.2. The zero-order chi connectivity index (χ0) is 18.8. The number of fused-ring (bicyclic) bond motifs is 1. The molecule has 0 aliphatic carbocycles. The number of benzene rings is 2. The SMILES string of the molecule is CC(=O)N=NC(=O)c1ccc2c(O)n(C(C)c3ccccc3)c(O)c2c1. The van der Waals surface area contributed by atoms with Gasteiger partial charge in [0.1, 0.15) is 0 Å². The fourth-order valence-corrected chi connectivity index (χ4v) is 2.84. The van der Waals surface area contributed by atoms with Gasteiger partial charge in [0.2, 0.25) is 11.8 Å². The minimum Gasteiger partial charge on any atom is -0.494 e. The second kappa shape index (κ2) is 6.79. The monoisotopic (exact) mass is 351 g/mol. The summed E-state index contributed by atoms with van der Waals surface area (Å²) in [7, 11) is 0. The van der Waals surface area contributed by atoms with E-state index in [1.54, 1.807) is 0 Å². The first kappa shape index (κ1) is 17.3. The Morgan fingerprint density at radius 3 is 2.27 bits per heavy atom. The average Bonchev–Trinajstić information content (AvgIpc) is 2.90. The van der Waals surface area contributed by atoms with Gasteiger partial charge < -0.3 is 10.2 Å². The summed E-state index contributed by atoms with van der Waals surface area (Å²) in [6.45, 7) is 3.04. The molecule has 26 heavy (non-hydrogen) atoms. The summed E-state index contributed by atoms with van der Waals surface area (Å²) in [6.07, 6.45) is 0. The third-order valence-corrected chi connectivity index (χ3v) is 4.16. The first-order valence-electron chi connectivity index (χ1n) is 7.97. The van der Waals surface area contributed by atoms with E-state index in [0.29, 0.717) is 10.8 Å². The van der Waals surface area contributed by atoms with E-state index in [0.717, 1.165) is 5.56 Å². The lowest BCUT2D eigenvalue weighted by Gasteiger charge is -2.16. The molecule has 7 heteroatoms. The van der Waals surface area contributed by atoms with Gasteiger partial charge in [-0.15, -0.1) is 10.2 Å². The van der Waals surface area contributed by atoms with E-state index in [-0.39, 0.29) is 23.4 Å². The molecule has 0 bridgehead atoms. The number of rotatable bonds is 3. The number of hydrogen-bond acceptors (Lipinski definition) is 4. The minimum absolute atomic E-state index is 0.0989. The van der Waals surface area contributed by atoms with E-state index in [2.05, 4.69) is 10.2 Å². The Labute approximate surface area is 149 Å². The molecule has 132 valence electrons. The van der Waals surface area contributed by atoms with Crippen molar-refractivity contribution in [2.75, 3.05) is 0 Å². The van der Waals surface area contributed by atoms with Crippen LogP contribution in [0, 0.1) is 0 Å². The molecule has 0 aliphatic rings. The summed E-state index contributed by atoms with van der Waals surface area (Å²) in [5, 5.41) is 28.4. The van der Waals surface area contributed by atoms with Crippen molar-refractivity contribution >= 4 is 22.6 Å². The zero-order valence-corrected chi connectivity index (χ0v) is 14.2. The maximum Gasteiger partial charge on any atom is 0.295 e. The van der Waals surface area contributed by atoms with Crippen LogP contribution in [0.15, 0.2) is 58.8 Å². The molecule has 1 aromatic heterocycles. The molecule has 0 radical (unpaired) electrons. The van der Waals surface area contributed by atoms with Gasteiger partial charge in [0.25, 0.3) is 11.8 Å². The van der Waals surface area contributed by atoms with E-state index >= 15 is 0 Å². The molecule has 1 heterocycles. The smallest absolute Gasteiger partial charge is 0.295 e. The third-order valence-electron chi connectivity index (χ3n) is 4.16. The number of azo groups is 1. The number of carbonyl (C=O) groups excluding carboxylic acids is 2. The van der Waals surface area contributed by atoms with Gasteiger partial charge in [0, 0.05) is 23.3 Å². The van der Waals surface area contributed by atoms with Crippen LogP contribution in [-0.4, -0.2) is 26.6 Å². The summed E-state index contributed by atoms with van der Waals surface area (Å²) in [5.41, 5.74) is 1.06. The van der Waals surface area contributed by atoms with E-state index in [4.69, 9.17) is 0 Å². The van der Waals surface area contributed by atoms with E-state index in [1.165, 1.54) is 29.7 Å². The Morgan fingerprint density at radius 2 is 1.62 bits per heavy atom. The van der Waals surface area contributed by atoms with Gasteiger partial charge in [-0.3, -0.25) is 14.2 Å². The number of aromatic nitrogens is 1. The van der Waals surface area contributed by atoms with Crippen LogP contribution in [-0.2, 0) is 4.79 Å². The van der Waals surface area contributed by atoms with Crippen molar-refractivity contribution in [3.05, 3.63) is 59.7 Å². The van der Waals surface area contributed by atoms with Crippen LogP contribution in [0.4, 0.5) is 0 Å². The quantitative estimate of drug-likeness (QED) is 0.700. The van der Waals surface area contributed by atoms with Gasteiger partial charge in [-0.1, -0.05) is 30.3 Å². The number of aromatic hydroxyl groups is 2. The second-order valence-electron chi connectivity index (χ2n) is 5.89. The molecule has 2 N–H and O–H groups in total. The highest BCUT2D eigenvalue weighted by atomic mass is 16.3. The van der Waals surface area contributed by atoms with Gasteiger partial charge >= 0.3 is 0 Å². The molecule has 0 spiro atoms. The molecule has 1 atom stereocenters. The summed E-state index contributed by atoms with van der Waals surface area (Å²) >= 11 is 0. The lowest BCUT2D eigenvalue weighted by Crippen LogP contribution is -2.05. The number of nitrogens with zero attached hydrogens (tertiary/aromatic N) is 3. The maximum atomic E-state index is 12.0. The standard InChI is InChI=1S/C19H17N3O4/c1-11(13-6-4-3-5-7-13)22-18(25)15-9-8-14(10-16(15)19(22)26)17(24)21-20-12(2)23/h3-11,25-26H,1-2H3. The first-order valence-corrected chi connectivity index (χ1v) is 7.97. The van der Waals surface area contributed by atoms with Gasteiger partial charge in [-0.2, -0.15) is 0 Å². The highest BCUT2D eigenvalue weighted by Crippen LogP contribution is 2.40. The van der Waals surface area contributed by atoms with Crippen molar-refractivity contribution in [3.8, 4) is 11.8 Å². The number of amides is 2. The van der Waals surface area contributed by atoms with Crippen molar-refractivity contribution < 1.29 is 19.8 Å². The van der Waals surface area contributed by atoms with Crippen molar-refractivity contribution in [3.63, 3.8) is 0 Å². The number of carbonyl (C=O) groups is 2. The normalized spacial score (nSPS) is 12.5. The summed E-state index contributed by atoms with van der Waals surface area (Å²) in [5.74, 6) is -1.54. The van der Waals surface area contributed by atoms with Crippen molar-refractivity contribution in [2.45, 2.75) is 19.9 Å². The van der Waals surface area contributed by atoms with E-state index < -0.39 is 11.8 Å². The Morgan fingerprint density at radius 1 is 0.962 bits per heavy atom. The predicted molar refractivity (Wildman–Crippen MR) is 95.4 cm³/mol. The molecular formula is C19H17N3O4. The molecule has 2 amide bonds. The van der Waals surface area contributed by atoms with E-state index in [9.17, 15) is 19.8 Å². The van der Waals surface area contributed by atoms with Crippen LogP contribution >= 0.6 is 0 Å². The van der Waals surface area contributed by atoms with Crippen molar-refractivity contribution in [1.29, 1.82) is 0 Å². The molecule has 3 aromatic rings. The topological polar surface area (TPSA) is 104 Å². The summed E-state index contributed by atoms with van der Waals surface area (Å²) in [4.78, 5) is 22.8. The molecule has 1 unspecified atom stereocenters. The summed E-state index contributed by atoms with van der Waals surface area (Å²) < 4.78 is 1.39. The Bertz CT molecular complexity index is 1020. The van der Waals surface area contributed by atoms with Gasteiger partial charge in [0.05, 0.1) is 6.04 Å². The van der Waals surface area contributed by atoms with Crippen LogP contribution < -0.4 is 0 Å². The van der Waals surface area contributed by atoms with Crippen LogP contribution in [0.25, 0.3) is 10.8 Å². The average molecular weight is 351 g/mol. The van der Waals surface area contributed by atoms with Crippen LogP contribution in [0.2, 0.25) is 0 Å². The molecule has 3 rings (SSSR count).